The number of hydrogen-bond acceptors (Lipinski definition) is 5. The Kier molecular flexibility index (Phi) is 4.91. The molecule has 7 heteroatoms. The van der Waals surface area contributed by atoms with Gasteiger partial charge in [-0.05, 0) is 17.7 Å². The van der Waals surface area contributed by atoms with E-state index in [0.717, 1.165) is 17.0 Å². The second kappa shape index (κ2) is 7.82. The van der Waals surface area contributed by atoms with Gasteiger partial charge in [0.2, 0.25) is 6.10 Å². The Morgan fingerprint density at radius 1 is 1.11 bits per heavy atom. The first-order valence-electron chi connectivity index (χ1n) is 8.78. The third-order valence-corrected chi connectivity index (χ3v) is 4.24. The van der Waals surface area contributed by atoms with Gasteiger partial charge in [-0.15, -0.1) is 0 Å². The van der Waals surface area contributed by atoms with Gasteiger partial charge < -0.3 is 10.2 Å². The van der Waals surface area contributed by atoms with Gasteiger partial charge in [0.25, 0.3) is 5.91 Å². The third kappa shape index (κ3) is 4.20. The fraction of sp³-hybridized carbons (Fsp3) is 0.200. The van der Waals surface area contributed by atoms with Crippen LogP contribution >= 0.6 is 0 Å². The summed E-state index contributed by atoms with van der Waals surface area (Å²) in [4.78, 5) is 19.2. The van der Waals surface area contributed by atoms with Crippen molar-refractivity contribution in [3.05, 3.63) is 78.1 Å². The Morgan fingerprint density at radius 3 is 2.63 bits per heavy atom. The fourth-order valence-electron chi connectivity index (χ4n) is 2.86. The zero-order chi connectivity index (χ0) is 18.5. The number of para-hydroxylation sites is 1. The number of benzene rings is 2. The summed E-state index contributed by atoms with van der Waals surface area (Å²) in [6.07, 6.45) is 2.24. The van der Waals surface area contributed by atoms with Crippen molar-refractivity contribution < 1.29 is 9.63 Å². The molecule has 1 amide bonds. The number of nitrogens with zero attached hydrogens (tertiary/aromatic N) is 4. The summed E-state index contributed by atoms with van der Waals surface area (Å²) < 4.78 is 0. The first kappa shape index (κ1) is 17.0. The molecule has 4 rings (SSSR count). The summed E-state index contributed by atoms with van der Waals surface area (Å²) in [5, 5.41) is 15.5. The van der Waals surface area contributed by atoms with E-state index in [1.807, 2.05) is 60.7 Å². The first-order chi connectivity index (χ1) is 13.3. The van der Waals surface area contributed by atoms with Gasteiger partial charge in [-0.1, -0.05) is 53.7 Å². The minimum absolute atomic E-state index is 0.198. The fourth-order valence-corrected chi connectivity index (χ4v) is 2.86. The Hall–Kier alpha value is -3.48. The topological polar surface area (TPSA) is 81.4 Å². The number of nitrogens with one attached hydrogen (secondary N) is 1. The van der Waals surface area contributed by atoms with Gasteiger partial charge in [-0.3, -0.25) is 4.79 Å². The molecule has 0 aliphatic carbocycles. The predicted octanol–water partition coefficient (Wildman–Crippen LogP) is 2.27. The molecule has 0 saturated carbocycles. The van der Waals surface area contributed by atoms with E-state index < -0.39 is 6.10 Å². The van der Waals surface area contributed by atoms with Crippen molar-refractivity contribution in [2.24, 2.45) is 5.16 Å². The number of rotatable bonds is 6. The van der Waals surface area contributed by atoms with Gasteiger partial charge in [0.05, 0.1) is 24.1 Å². The number of aromatic nitrogens is 3. The quantitative estimate of drug-likeness (QED) is 0.730. The molecular formula is C20H19N5O2. The lowest BCUT2D eigenvalue weighted by molar-refractivity contribution is -0.131. The third-order valence-electron chi connectivity index (χ3n) is 4.24. The average molecular weight is 361 g/mol. The van der Waals surface area contributed by atoms with Crippen molar-refractivity contribution in [3.8, 4) is 5.69 Å². The van der Waals surface area contributed by atoms with Crippen LogP contribution in [0.2, 0.25) is 0 Å². The highest BCUT2D eigenvalue weighted by Crippen LogP contribution is 2.15. The number of carbonyl (C=O) groups excluding carboxylic acids is 1. The normalized spacial score (nSPS) is 15.9. The number of oxime groups is 1. The number of hydrogen-bond donors (Lipinski definition) is 1. The Morgan fingerprint density at radius 2 is 1.85 bits per heavy atom. The van der Waals surface area contributed by atoms with Gasteiger partial charge in [-0.2, -0.15) is 15.0 Å². The van der Waals surface area contributed by atoms with Crippen LogP contribution in [-0.2, 0) is 22.6 Å². The molecule has 1 aliphatic heterocycles. The largest absolute Gasteiger partial charge is 0.382 e. The second-order valence-corrected chi connectivity index (χ2v) is 6.30. The summed E-state index contributed by atoms with van der Waals surface area (Å²) in [5.74, 6) is -0.198. The van der Waals surface area contributed by atoms with Crippen LogP contribution < -0.4 is 5.32 Å². The van der Waals surface area contributed by atoms with Crippen LogP contribution in [0.15, 0.2) is 72.0 Å². The summed E-state index contributed by atoms with van der Waals surface area (Å²) in [6, 6.07) is 19.6. The van der Waals surface area contributed by atoms with Crippen LogP contribution in [0.3, 0.4) is 0 Å². The van der Waals surface area contributed by atoms with Gasteiger partial charge in [-0.25, -0.2) is 0 Å². The van der Waals surface area contributed by atoms with E-state index in [9.17, 15) is 4.79 Å². The Labute approximate surface area is 156 Å². The van der Waals surface area contributed by atoms with Crippen molar-refractivity contribution in [2.75, 3.05) is 0 Å². The molecule has 3 aromatic rings. The molecule has 1 aliphatic rings. The van der Waals surface area contributed by atoms with E-state index in [4.69, 9.17) is 4.84 Å². The second-order valence-electron chi connectivity index (χ2n) is 6.30. The van der Waals surface area contributed by atoms with Crippen LogP contribution in [0.4, 0.5) is 0 Å². The van der Waals surface area contributed by atoms with Crippen molar-refractivity contribution in [1.29, 1.82) is 0 Å². The molecule has 1 aromatic heterocycles. The molecule has 1 atom stereocenters. The van der Waals surface area contributed by atoms with E-state index >= 15 is 0 Å². The van der Waals surface area contributed by atoms with Crippen molar-refractivity contribution >= 4 is 11.6 Å². The molecule has 2 aromatic carbocycles. The SMILES string of the molecule is O=C(NCc1cnn(-c2ccccc2)n1)[C@@H]1CC(Cc2ccccc2)=NO1. The highest BCUT2D eigenvalue weighted by molar-refractivity contribution is 5.93. The van der Waals surface area contributed by atoms with Crippen molar-refractivity contribution in [2.45, 2.75) is 25.5 Å². The average Bonchev–Trinajstić information content (AvgIpc) is 3.37. The van der Waals surface area contributed by atoms with E-state index in [1.165, 1.54) is 4.80 Å². The summed E-state index contributed by atoms with van der Waals surface area (Å²) in [6.45, 7) is 0.291. The van der Waals surface area contributed by atoms with E-state index in [-0.39, 0.29) is 5.91 Å². The van der Waals surface area contributed by atoms with Gasteiger partial charge in [0.15, 0.2) is 0 Å². The maximum absolute atomic E-state index is 12.3. The number of carbonyl (C=O) groups is 1. The minimum Gasteiger partial charge on any atom is -0.382 e. The monoisotopic (exact) mass is 361 g/mol. The highest BCUT2D eigenvalue weighted by Gasteiger charge is 2.28. The van der Waals surface area contributed by atoms with Crippen LogP contribution in [0.5, 0.6) is 0 Å². The Bertz CT molecular complexity index is 937. The predicted molar refractivity (Wildman–Crippen MR) is 100 cm³/mol. The molecule has 0 fully saturated rings. The van der Waals surface area contributed by atoms with Gasteiger partial charge in [0.1, 0.15) is 5.69 Å². The van der Waals surface area contributed by atoms with Crippen molar-refractivity contribution in [1.82, 2.24) is 20.3 Å². The van der Waals surface area contributed by atoms with Crippen LogP contribution in [-0.4, -0.2) is 32.7 Å². The molecule has 0 radical (unpaired) electrons. The lowest BCUT2D eigenvalue weighted by Gasteiger charge is -2.08. The standard InChI is InChI=1S/C20H19N5O2/c26-20(19-12-16(24-27-19)11-15-7-3-1-4-8-15)21-13-17-14-22-25(23-17)18-9-5-2-6-10-18/h1-10,14,19H,11-13H2,(H,21,26)/t19-/m0/s1. The van der Waals surface area contributed by atoms with Gasteiger partial charge in [0, 0.05) is 12.8 Å². The smallest absolute Gasteiger partial charge is 0.264 e. The zero-order valence-electron chi connectivity index (χ0n) is 14.7. The van der Waals surface area contributed by atoms with Crippen LogP contribution in [0, 0.1) is 0 Å². The van der Waals surface area contributed by atoms with Gasteiger partial charge >= 0.3 is 0 Å². The maximum Gasteiger partial charge on any atom is 0.264 e. The first-order valence-corrected chi connectivity index (χ1v) is 8.78. The molecule has 27 heavy (non-hydrogen) atoms. The molecule has 0 saturated heterocycles. The lowest BCUT2D eigenvalue weighted by atomic mass is 10.0. The highest BCUT2D eigenvalue weighted by atomic mass is 16.6. The number of amides is 1. The zero-order valence-corrected chi connectivity index (χ0v) is 14.7. The van der Waals surface area contributed by atoms with Crippen LogP contribution in [0.1, 0.15) is 17.7 Å². The Balaban J connectivity index is 1.28. The summed E-state index contributed by atoms with van der Waals surface area (Å²) >= 11 is 0. The molecular weight excluding hydrogens is 342 g/mol. The molecule has 1 N–H and O–H groups in total. The molecule has 7 nitrogen and oxygen atoms in total. The molecule has 2 heterocycles. The minimum atomic E-state index is -0.590. The molecule has 136 valence electrons. The van der Waals surface area contributed by atoms with E-state index in [0.29, 0.717) is 25.1 Å². The summed E-state index contributed by atoms with van der Waals surface area (Å²) in [7, 11) is 0. The van der Waals surface area contributed by atoms with E-state index in [1.54, 1.807) is 6.20 Å². The lowest BCUT2D eigenvalue weighted by Crippen LogP contribution is -2.34. The molecule has 0 bridgehead atoms. The van der Waals surface area contributed by atoms with Crippen LogP contribution in [0.25, 0.3) is 5.69 Å². The summed E-state index contributed by atoms with van der Waals surface area (Å²) in [5.41, 5.74) is 3.57. The molecule has 0 unspecified atom stereocenters. The van der Waals surface area contributed by atoms with Crippen molar-refractivity contribution in [3.63, 3.8) is 0 Å². The van der Waals surface area contributed by atoms with E-state index in [2.05, 4.69) is 20.7 Å². The maximum atomic E-state index is 12.3. The molecule has 0 spiro atoms.